The number of amides is 1. The van der Waals surface area contributed by atoms with E-state index in [9.17, 15) is 4.79 Å². The molecule has 5 nitrogen and oxygen atoms in total. The Labute approximate surface area is 80.8 Å². The third-order valence-corrected chi connectivity index (χ3v) is 2.10. The SMILES string of the molecule is C#CCOc1[nH]ncc1C1CNC1=O. The van der Waals surface area contributed by atoms with E-state index in [2.05, 4.69) is 21.4 Å². The fourth-order valence-electron chi connectivity index (χ4n) is 1.30. The van der Waals surface area contributed by atoms with Crippen molar-refractivity contribution in [2.45, 2.75) is 5.92 Å². The van der Waals surface area contributed by atoms with E-state index >= 15 is 0 Å². The van der Waals surface area contributed by atoms with Gasteiger partial charge in [-0.2, -0.15) is 5.10 Å². The predicted octanol–water partition coefficient (Wildman–Crippen LogP) is -0.365. The van der Waals surface area contributed by atoms with E-state index in [0.717, 1.165) is 5.56 Å². The van der Waals surface area contributed by atoms with Gasteiger partial charge in [0.15, 0.2) is 6.61 Å². The van der Waals surface area contributed by atoms with Crippen LogP contribution in [0.1, 0.15) is 11.5 Å². The summed E-state index contributed by atoms with van der Waals surface area (Å²) in [7, 11) is 0. The minimum atomic E-state index is -0.151. The molecule has 0 saturated carbocycles. The number of ether oxygens (including phenoxy) is 1. The van der Waals surface area contributed by atoms with Crippen LogP contribution in [0.15, 0.2) is 6.20 Å². The van der Waals surface area contributed by atoms with Crippen LogP contribution in [0, 0.1) is 12.3 Å². The first-order chi connectivity index (χ1) is 6.83. The molecular formula is C9H9N3O2. The zero-order chi connectivity index (χ0) is 9.97. The minimum Gasteiger partial charge on any atom is -0.465 e. The van der Waals surface area contributed by atoms with Gasteiger partial charge in [-0.25, -0.2) is 5.10 Å². The molecule has 1 atom stereocenters. The van der Waals surface area contributed by atoms with Gasteiger partial charge in [-0.15, -0.1) is 6.42 Å². The van der Waals surface area contributed by atoms with Crippen molar-refractivity contribution in [1.82, 2.24) is 15.5 Å². The molecule has 1 aliphatic rings. The third kappa shape index (κ3) is 1.31. The summed E-state index contributed by atoms with van der Waals surface area (Å²) in [4.78, 5) is 11.1. The lowest BCUT2D eigenvalue weighted by Crippen LogP contribution is -2.46. The van der Waals surface area contributed by atoms with Crippen LogP contribution in [0.4, 0.5) is 0 Å². The second kappa shape index (κ2) is 3.42. The van der Waals surface area contributed by atoms with E-state index in [1.807, 2.05) is 0 Å². The number of terminal acetylenes is 1. The molecule has 2 heterocycles. The highest BCUT2D eigenvalue weighted by atomic mass is 16.5. The molecule has 1 aromatic heterocycles. The Morgan fingerprint density at radius 1 is 1.79 bits per heavy atom. The van der Waals surface area contributed by atoms with Crippen molar-refractivity contribution in [2.24, 2.45) is 0 Å². The first-order valence-electron chi connectivity index (χ1n) is 4.20. The number of nitrogens with zero attached hydrogens (tertiary/aromatic N) is 1. The summed E-state index contributed by atoms with van der Waals surface area (Å²) in [5.41, 5.74) is 0.768. The second-order valence-electron chi connectivity index (χ2n) is 2.95. The maximum atomic E-state index is 11.1. The monoisotopic (exact) mass is 191 g/mol. The van der Waals surface area contributed by atoms with Gasteiger partial charge in [0.1, 0.15) is 0 Å². The lowest BCUT2D eigenvalue weighted by Gasteiger charge is -2.25. The van der Waals surface area contributed by atoms with Crippen LogP contribution >= 0.6 is 0 Å². The van der Waals surface area contributed by atoms with Crippen LogP contribution in [0.3, 0.4) is 0 Å². The van der Waals surface area contributed by atoms with Gasteiger partial charge in [-0.3, -0.25) is 4.79 Å². The molecule has 1 fully saturated rings. The summed E-state index contributed by atoms with van der Waals surface area (Å²) >= 11 is 0. The molecule has 0 aromatic carbocycles. The van der Waals surface area contributed by atoms with Crippen LogP contribution < -0.4 is 10.1 Å². The number of aromatic nitrogens is 2. The first kappa shape index (κ1) is 8.63. The van der Waals surface area contributed by atoms with Gasteiger partial charge in [-0.1, -0.05) is 5.92 Å². The Kier molecular flexibility index (Phi) is 2.11. The average molecular weight is 191 g/mol. The largest absolute Gasteiger partial charge is 0.465 e. The molecule has 1 aromatic rings. The molecule has 1 saturated heterocycles. The number of hydrogen-bond donors (Lipinski definition) is 2. The zero-order valence-electron chi connectivity index (χ0n) is 7.41. The lowest BCUT2D eigenvalue weighted by molar-refractivity contribution is -0.127. The van der Waals surface area contributed by atoms with Crippen LogP contribution in [0.2, 0.25) is 0 Å². The van der Waals surface area contributed by atoms with Gasteiger partial charge in [0.25, 0.3) is 0 Å². The van der Waals surface area contributed by atoms with Crippen molar-refractivity contribution >= 4 is 5.91 Å². The van der Waals surface area contributed by atoms with E-state index in [-0.39, 0.29) is 18.4 Å². The number of nitrogens with one attached hydrogen (secondary N) is 2. The normalized spacial score (nSPS) is 19.4. The fraction of sp³-hybridized carbons (Fsp3) is 0.333. The highest BCUT2D eigenvalue weighted by Crippen LogP contribution is 2.27. The van der Waals surface area contributed by atoms with E-state index in [4.69, 9.17) is 11.2 Å². The molecule has 0 aliphatic carbocycles. The van der Waals surface area contributed by atoms with Crippen molar-refractivity contribution in [3.05, 3.63) is 11.8 Å². The number of carbonyl (C=O) groups is 1. The number of hydrogen-bond acceptors (Lipinski definition) is 3. The van der Waals surface area contributed by atoms with Crippen molar-refractivity contribution in [1.29, 1.82) is 0 Å². The Morgan fingerprint density at radius 3 is 3.21 bits per heavy atom. The molecule has 0 spiro atoms. The highest BCUT2D eigenvalue weighted by molar-refractivity contribution is 5.89. The molecule has 1 unspecified atom stereocenters. The van der Waals surface area contributed by atoms with Gasteiger partial charge in [0.2, 0.25) is 11.8 Å². The fourth-order valence-corrected chi connectivity index (χ4v) is 1.30. The smallest absolute Gasteiger partial charge is 0.229 e. The zero-order valence-corrected chi connectivity index (χ0v) is 7.41. The number of β-lactam (4-membered cyclic amide) rings is 1. The number of H-pyrrole nitrogens is 1. The molecule has 0 radical (unpaired) electrons. The van der Waals surface area contributed by atoms with Gasteiger partial charge in [0, 0.05) is 12.1 Å². The molecule has 14 heavy (non-hydrogen) atoms. The topological polar surface area (TPSA) is 67.0 Å². The first-order valence-corrected chi connectivity index (χ1v) is 4.20. The summed E-state index contributed by atoms with van der Waals surface area (Å²) in [6.07, 6.45) is 6.65. The number of carbonyl (C=O) groups excluding carboxylic acids is 1. The van der Waals surface area contributed by atoms with Crippen LogP contribution in [-0.2, 0) is 4.79 Å². The summed E-state index contributed by atoms with van der Waals surface area (Å²) in [5, 5.41) is 9.13. The Morgan fingerprint density at radius 2 is 2.64 bits per heavy atom. The maximum Gasteiger partial charge on any atom is 0.229 e. The molecule has 2 N–H and O–H groups in total. The summed E-state index contributed by atoms with van der Waals surface area (Å²) in [6.45, 7) is 0.800. The van der Waals surface area contributed by atoms with Crippen molar-refractivity contribution in [3.63, 3.8) is 0 Å². The summed E-state index contributed by atoms with van der Waals surface area (Å²) in [6, 6.07) is 0. The summed E-state index contributed by atoms with van der Waals surface area (Å²) in [5.74, 6) is 2.68. The van der Waals surface area contributed by atoms with Gasteiger partial charge in [-0.05, 0) is 0 Å². The Hall–Kier alpha value is -1.96. The molecule has 0 bridgehead atoms. The van der Waals surface area contributed by atoms with Crippen LogP contribution in [-0.4, -0.2) is 29.3 Å². The van der Waals surface area contributed by atoms with Crippen molar-refractivity contribution < 1.29 is 9.53 Å². The van der Waals surface area contributed by atoms with Gasteiger partial charge < -0.3 is 10.1 Å². The quantitative estimate of drug-likeness (QED) is 0.506. The standard InChI is InChI=1S/C9H9N3O2/c1-2-3-14-9-7(5-11-12-9)6-4-10-8(6)13/h1,5-6H,3-4H2,(H,10,13)(H,11,12). The minimum absolute atomic E-state index is 0.00282. The maximum absolute atomic E-state index is 11.1. The third-order valence-electron chi connectivity index (χ3n) is 2.10. The van der Waals surface area contributed by atoms with E-state index in [0.29, 0.717) is 12.4 Å². The van der Waals surface area contributed by atoms with Crippen LogP contribution in [0.25, 0.3) is 0 Å². The molecule has 1 amide bonds. The molecule has 1 aliphatic heterocycles. The van der Waals surface area contributed by atoms with Gasteiger partial charge >= 0.3 is 0 Å². The molecule has 2 rings (SSSR count). The van der Waals surface area contributed by atoms with Crippen LogP contribution in [0.5, 0.6) is 5.88 Å². The molecule has 72 valence electrons. The molecular weight excluding hydrogens is 182 g/mol. The lowest BCUT2D eigenvalue weighted by atomic mass is 9.95. The van der Waals surface area contributed by atoms with E-state index in [1.54, 1.807) is 6.20 Å². The Balaban J connectivity index is 2.13. The van der Waals surface area contributed by atoms with Gasteiger partial charge in [0.05, 0.1) is 12.1 Å². The van der Waals surface area contributed by atoms with E-state index in [1.165, 1.54) is 0 Å². The molecule has 5 heteroatoms. The summed E-state index contributed by atoms with van der Waals surface area (Å²) < 4.78 is 5.20. The Bertz CT molecular complexity index is 391. The van der Waals surface area contributed by atoms with Crippen molar-refractivity contribution in [2.75, 3.05) is 13.2 Å². The van der Waals surface area contributed by atoms with E-state index < -0.39 is 0 Å². The highest BCUT2D eigenvalue weighted by Gasteiger charge is 2.32. The number of rotatable bonds is 3. The number of aromatic amines is 1. The second-order valence-corrected chi connectivity index (χ2v) is 2.95. The average Bonchev–Trinajstić information content (AvgIpc) is 2.60. The van der Waals surface area contributed by atoms with Crippen molar-refractivity contribution in [3.8, 4) is 18.2 Å². The predicted molar refractivity (Wildman–Crippen MR) is 48.7 cm³/mol.